The van der Waals surface area contributed by atoms with Crippen LogP contribution in [0, 0.1) is 5.92 Å². The Balaban J connectivity index is 1.28. The van der Waals surface area contributed by atoms with Gasteiger partial charge in [-0.05, 0) is 36.1 Å². The van der Waals surface area contributed by atoms with Gasteiger partial charge in [-0.2, -0.15) is 0 Å². The molecule has 5 N–H and O–H groups in total. The number of ketones is 1. The highest BCUT2D eigenvalue weighted by Crippen LogP contribution is 2.43. The van der Waals surface area contributed by atoms with Crippen molar-refractivity contribution in [2.75, 3.05) is 6.54 Å². The van der Waals surface area contributed by atoms with E-state index in [0.717, 1.165) is 11.1 Å². The molecule has 0 saturated carbocycles. The van der Waals surface area contributed by atoms with Crippen molar-refractivity contribution >= 4 is 23.6 Å². The third-order valence-electron chi connectivity index (χ3n) is 7.89. The van der Waals surface area contributed by atoms with Gasteiger partial charge in [-0.15, -0.1) is 0 Å². The first kappa shape index (κ1) is 31.2. The van der Waals surface area contributed by atoms with Crippen LogP contribution in [0.5, 0.6) is 11.5 Å². The topological polar surface area (TPSA) is 148 Å². The zero-order valence-corrected chi connectivity index (χ0v) is 24.6. The Hall–Kier alpha value is -5.28. The number of carbonyl (C=O) groups is 4. The lowest BCUT2D eigenvalue weighted by Gasteiger charge is -2.28. The van der Waals surface area contributed by atoms with E-state index in [0.29, 0.717) is 29.0 Å². The molecular weight excluding hydrogens is 570 g/mol. The SMILES string of the molecule is N[C@@H](Cc1ccccc1)C(=O)C[C@@H](Cc1ccccc1)C(=O)N[C@@H](CNC(=O)C1c2ccccc2Oc2ccccc21)C(=O)O. The van der Waals surface area contributed by atoms with Gasteiger partial charge in [0.25, 0.3) is 0 Å². The van der Waals surface area contributed by atoms with Gasteiger partial charge in [-0.25, -0.2) is 4.79 Å². The number of hydrogen-bond acceptors (Lipinski definition) is 6. The first-order chi connectivity index (χ1) is 21.8. The van der Waals surface area contributed by atoms with Crippen molar-refractivity contribution in [1.29, 1.82) is 0 Å². The number of benzene rings is 4. The molecule has 0 fully saturated rings. The normalized spacial score (nSPS) is 14.1. The fraction of sp³-hybridized carbons (Fsp3) is 0.222. The second kappa shape index (κ2) is 14.5. The molecule has 1 heterocycles. The van der Waals surface area contributed by atoms with Crippen LogP contribution in [0.4, 0.5) is 0 Å². The fourth-order valence-corrected chi connectivity index (χ4v) is 5.52. The monoisotopic (exact) mass is 605 g/mol. The van der Waals surface area contributed by atoms with Crippen molar-refractivity contribution in [3.05, 3.63) is 131 Å². The van der Waals surface area contributed by atoms with Gasteiger partial charge in [-0.1, -0.05) is 97.1 Å². The van der Waals surface area contributed by atoms with E-state index in [1.807, 2.05) is 72.8 Å². The summed E-state index contributed by atoms with van der Waals surface area (Å²) in [7, 11) is 0. The molecule has 5 rings (SSSR count). The molecule has 0 radical (unpaired) electrons. The Bertz CT molecular complexity index is 1610. The minimum Gasteiger partial charge on any atom is -0.480 e. The van der Waals surface area contributed by atoms with E-state index in [1.165, 1.54) is 0 Å². The number of hydrogen-bond donors (Lipinski definition) is 4. The number of ether oxygens (including phenoxy) is 1. The van der Waals surface area contributed by atoms with Crippen molar-refractivity contribution in [3.63, 3.8) is 0 Å². The molecule has 1 aliphatic heterocycles. The lowest BCUT2D eigenvalue weighted by atomic mass is 9.87. The first-order valence-corrected chi connectivity index (χ1v) is 14.8. The maximum Gasteiger partial charge on any atom is 0.328 e. The molecule has 0 bridgehead atoms. The van der Waals surface area contributed by atoms with E-state index in [1.54, 1.807) is 36.4 Å². The molecule has 2 amide bonds. The summed E-state index contributed by atoms with van der Waals surface area (Å²) in [6.45, 7) is -0.360. The average molecular weight is 606 g/mol. The zero-order valence-electron chi connectivity index (χ0n) is 24.6. The van der Waals surface area contributed by atoms with Crippen molar-refractivity contribution in [3.8, 4) is 11.5 Å². The van der Waals surface area contributed by atoms with E-state index in [2.05, 4.69) is 10.6 Å². The maximum absolute atomic E-state index is 13.6. The van der Waals surface area contributed by atoms with Crippen LogP contribution in [-0.4, -0.2) is 47.3 Å². The molecule has 9 nitrogen and oxygen atoms in total. The smallest absolute Gasteiger partial charge is 0.328 e. The quantitative estimate of drug-likeness (QED) is 0.180. The lowest BCUT2D eigenvalue weighted by Crippen LogP contribution is -2.51. The predicted octanol–water partition coefficient (Wildman–Crippen LogP) is 4.00. The van der Waals surface area contributed by atoms with Gasteiger partial charge in [0, 0.05) is 30.0 Å². The molecular formula is C36H35N3O6. The van der Waals surface area contributed by atoms with E-state index in [9.17, 15) is 24.3 Å². The second-order valence-corrected chi connectivity index (χ2v) is 11.1. The van der Waals surface area contributed by atoms with E-state index in [-0.39, 0.29) is 25.2 Å². The molecule has 1 aliphatic rings. The molecule has 4 aromatic rings. The molecule has 3 atom stereocenters. The Morgan fingerprint density at radius 3 is 1.80 bits per heavy atom. The number of amides is 2. The average Bonchev–Trinajstić information content (AvgIpc) is 3.05. The summed E-state index contributed by atoms with van der Waals surface area (Å²) in [6.07, 6.45) is 0.371. The lowest BCUT2D eigenvalue weighted by molar-refractivity contribution is -0.142. The van der Waals surface area contributed by atoms with Crippen LogP contribution in [-0.2, 0) is 32.0 Å². The molecule has 9 heteroatoms. The van der Waals surface area contributed by atoms with Crippen LogP contribution in [0.15, 0.2) is 109 Å². The van der Waals surface area contributed by atoms with Crippen LogP contribution in [0.1, 0.15) is 34.6 Å². The minimum absolute atomic E-state index is 0.164. The Labute approximate surface area is 261 Å². The van der Waals surface area contributed by atoms with Crippen molar-refractivity contribution < 1.29 is 29.0 Å². The third kappa shape index (κ3) is 7.82. The van der Waals surface area contributed by atoms with Gasteiger partial charge in [0.1, 0.15) is 17.5 Å². The standard InChI is InChI=1S/C36H35N3O6/c37-28(20-24-13-5-2-6-14-24)30(40)21-25(19-23-11-3-1-4-12-23)34(41)39-29(36(43)44)22-38-35(42)33-26-15-7-9-17-31(26)45-32-18-10-8-16-27(32)33/h1-18,25,28-29,33H,19-22,37H2,(H,38,42)(H,39,41)(H,43,44)/t25-,28+,29+/m1/s1. The number of carboxylic acids is 1. The van der Waals surface area contributed by atoms with Gasteiger partial charge in [0.05, 0.1) is 12.0 Å². The van der Waals surface area contributed by atoms with Gasteiger partial charge in [-0.3, -0.25) is 14.4 Å². The van der Waals surface area contributed by atoms with Gasteiger partial charge in [0.15, 0.2) is 5.78 Å². The Morgan fingerprint density at radius 2 is 1.24 bits per heavy atom. The van der Waals surface area contributed by atoms with Crippen LogP contribution in [0.2, 0.25) is 0 Å². The number of aliphatic carboxylic acids is 1. The highest BCUT2D eigenvalue weighted by molar-refractivity contribution is 5.93. The number of carbonyl (C=O) groups excluding carboxylic acids is 3. The number of nitrogens with one attached hydrogen (secondary N) is 2. The number of carboxylic acid groups (broad SMARTS) is 1. The summed E-state index contributed by atoms with van der Waals surface area (Å²) in [5, 5.41) is 15.3. The molecule has 0 aliphatic carbocycles. The van der Waals surface area contributed by atoms with Crippen molar-refractivity contribution in [2.24, 2.45) is 11.7 Å². The fourth-order valence-electron chi connectivity index (χ4n) is 5.52. The summed E-state index contributed by atoms with van der Waals surface area (Å²) in [6, 6.07) is 30.6. The highest BCUT2D eigenvalue weighted by Gasteiger charge is 2.34. The number of nitrogens with two attached hydrogens (primary N) is 1. The molecule has 0 unspecified atom stereocenters. The number of fused-ring (bicyclic) bond motifs is 2. The maximum atomic E-state index is 13.6. The minimum atomic E-state index is -1.43. The zero-order chi connectivity index (χ0) is 31.8. The number of Topliss-reactive ketones (excluding diaryl/α,β-unsaturated/α-hetero) is 1. The first-order valence-electron chi connectivity index (χ1n) is 14.8. The van der Waals surface area contributed by atoms with Crippen LogP contribution < -0.4 is 21.1 Å². The Morgan fingerprint density at radius 1 is 0.733 bits per heavy atom. The summed E-state index contributed by atoms with van der Waals surface area (Å²) >= 11 is 0. The molecule has 0 aromatic heterocycles. The van der Waals surface area contributed by atoms with Gasteiger partial charge in [0.2, 0.25) is 11.8 Å². The summed E-state index contributed by atoms with van der Waals surface area (Å²) in [4.78, 5) is 52.5. The molecule has 0 spiro atoms. The summed E-state index contributed by atoms with van der Waals surface area (Å²) < 4.78 is 5.96. The van der Waals surface area contributed by atoms with Crippen LogP contribution in [0.25, 0.3) is 0 Å². The molecule has 45 heavy (non-hydrogen) atoms. The van der Waals surface area contributed by atoms with E-state index in [4.69, 9.17) is 10.5 Å². The van der Waals surface area contributed by atoms with Crippen LogP contribution in [0.3, 0.4) is 0 Å². The molecule has 4 aromatic carbocycles. The highest BCUT2D eigenvalue weighted by atomic mass is 16.5. The number of rotatable bonds is 13. The predicted molar refractivity (Wildman–Crippen MR) is 169 cm³/mol. The van der Waals surface area contributed by atoms with Crippen molar-refractivity contribution in [1.82, 2.24) is 10.6 Å². The summed E-state index contributed by atoms with van der Waals surface area (Å²) in [5.74, 6) is -3.17. The van der Waals surface area contributed by atoms with Crippen molar-refractivity contribution in [2.45, 2.75) is 37.3 Å². The van der Waals surface area contributed by atoms with Crippen LogP contribution >= 0.6 is 0 Å². The van der Waals surface area contributed by atoms with Gasteiger partial charge >= 0.3 is 5.97 Å². The van der Waals surface area contributed by atoms with E-state index >= 15 is 0 Å². The Kier molecular flexibility index (Phi) is 10.0. The van der Waals surface area contributed by atoms with Gasteiger partial charge < -0.3 is 26.2 Å². The molecule has 230 valence electrons. The summed E-state index contributed by atoms with van der Waals surface area (Å²) in [5.41, 5.74) is 9.25. The molecule has 0 saturated heterocycles. The second-order valence-electron chi connectivity index (χ2n) is 11.1. The largest absolute Gasteiger partial charge is 0.480 e. The number of para-hydroxylation sites is 2. The third-order valence-corrected chi connectivity index (χ3v) is 7.89. The van der Waals surface area contributed by atoms with E-state index < -0.39 is 41.7 Å².